The molecule has 0 saturated heterocycles. The number of allylic oxidation sites excluding steroid dienone is 1. The summed E-state index contributed by atoms with van der Waals surface area (Å²) in [6.07, 6.45) is 4.38. The number of carbonyl (C=O) groups is 1. The predicted octanol–water partition coefficient (Wildman–Crippen LogP) is 2.00. The highest BCUT2D eigenvalue weighted by molar-refractivity contribution is 7.89. The van der Waals surface area contributed by atoms with Crippen LogP contribution in [0.4, 0.5) is 0 Å². The number of aromatic nitrogens is 1. The summed E-state index contributed by atoms with van der Waals surface area (Å²) >= 11 is 0. The largest absolute Gasteiger partial charge is 0.269 e. The van der Waals surface area contributed by atoms with E-state index in [2.05, 4.69) is 4.98 Å². The summed E-state index contributed by atoms with van der Waals surface area (Å²) < 4.78 is 26.2. The van der Waals surface area contributed by atoms with Gasteiger partial charge in [-0.2, -0.15) is 5.26 Å². The van der Waals surface area contributed by atoms with Crippen LogP contribution in [0.1, 0.15) is 23.6 Å². The van der Waals surface area contributed by atoms with E-state index in [4.69, 9.17) is 5.26 Å². The highest BCUT2D eigenvalue weighted by atomic mass is 32.2. The minimum Gasteiger partial charge on any atom is -0.269 e. The fourth-order valence-corrected chi connectivity index (χ4v) is 3.17. The molecule has 0 bridgehead atoms. The number of benzene rings is 1. The first-order valence-corrected chi connectivity index (χ1v) is 8.67. The molecule has 1 amide bonds. The van der Waals surface area contributed by atoms with Crippen molar-refractivity contribution in [2.45, 2.75) is 12.7 Å². The molecule has 24 heavy (non-hydrogen) atoms. The second kappa shape index (κ2) is 7.53. The lowest BCUT2D eigenvalue weighted by atomic mass is 10.1. The molecule has 1 heterocycles. The first-order valence-electron chi connectivity index (χ1n) is 7.02. The van der Waals surface area contributed by atoms with Crippen LogP contribution >= 0.6 is 0 Å². The Morgan fingerprint density at radius 1 is 1.25 bits per heavy atom. The number of pyridine rings is 1. The molecule has 2 aromatic rings. The monoisotopic (exact) mass is 341 g/mol. The molecule has 0 aliphatic carbocycles. The van der Waals surface area contributed by atoms with Crippen LogP contribution in [-0.2, 0) is 20.6 Å². The van der Waals surface area contributed by atoms with Crippen molar-refractivity contribution in [3.05, 3.63) is 71.6 Å². The lowest BCUT2D eigenvalue weighted by Crippen LogP contribution is -2.30. The van der Waals surface area contributed by atoms with Crippen LogP contribution < -0.4 is 4.72 Å². The lowest BCUT2D eigenvalue weighted by molar-refractivity contribution is -0.114. The zero-order chi connectivity index (χ0) is 17.6. The van der Waals surface area contributed by atoms with E-state index >= 15 is 0 Å². The van der Waals surface area contributed by atoms with E-state index in [1.165, 1.54) is 12.1 Å². The number of nitrogens with one attached hydrogen (secondary N) is 1. The van der Waals surface area contributed by atoms with E-state index in [-0.39, 0.29) is 5.56 Å². The van der Waals surface area contributed by atoms with Crippen molar-refractivity contribution in [2.24, 2.45) is 0 Å². The summed E-state index contributed by atoms with van der Waals surface area (Å²) in [5.41, 5.74) is 1.99. The van der Waals surface area contributed by atoms with Crippen molar-refractivity contribution >= 4 is 21.5 Å². The maximum Gasteiger partial charge on any atom is 0.257 e. The maximum atomic E-state index is 12.1. The molecule has 0 fully saturated rings. The third kappa shape index (κ3) is 4.76. The van der Waals surface area contributed by atoms with E-state index in [0.29, 0.717) is 11.1 Å². The number of amides is 1. The van der Waals surface area contributed by atoms with Crippen molar-refractivity contribution in [1.29, 1.82) is 5.26 Å². The molecule has 0 radical (unpaired) electrons. The Morgan fingerprint density at radius 2 is 1.92 bits per heavy atom. The van der Waals surface area contributed by atoms with Gasteiger partial charge >= 0.3 is 0 Å². The van der Waals surface area contributed by atoms with Gasteiger partial charge in [-0.25, -0.2) is 13.1 Å². The Morgan fingerprint density at radius 3 is 2.58 bits per heavy atom. The van der Waals surface area contributed by atoms with Gasteiger partial charge in [0.05, 0.1) is 17.4 Å². The predicted molar refractivity (Wildman–Crippen MR) is 89.8 cm³/mol. The van der Waals surface area contributed by atoms with Crippen molar-refractivity contribution in [3.63, 3.8) is 0 Å². The van der Waals surface area contributed by atoms with Crippen molar-refractivity contribution < 1.29 is 13.2 Å². The molecular weight excluding hydrogens is 326 g/mol. The van der Waals surface area contributed by atoms with Crippen LogP contribution in [0.25, 0.3) is 5.57 Å². The summed E-state index contributed by atoms with van der Waals surface area (Å²) in [6.45, 7) is 1.70. The van der Waals surface area contributed by atoms with Gasteiger partial charge in [0.1, 0.15) is 0 Å². The summed E-state index contributed by atoms with van der Waals surface area (Å²) in [4.78, 5) is 15.8. The Bertz CT molecular complexity index is 914. The molecule has 1 N–H and O–H groups in total. The summed E-state index contributed by atoms with van der Waals surface area (Å²) in [5.74, 6) is -1.18. The molecule has 0 atom stereocenters. The van der Waals surface area contributed by atoms with Gasteiger partial charge in [0.15, 0.2) is 0 Å². The fraction of sp³-hybridized carbons (Fsp3) is 0.118. The maximum absolute atomic E-state index is 12.1. The molecule has 6 nitrogen and oxygen atoms in total. The molecule has 0 spiro atoms. The average Bonchev–Trinajstić information content (AvgIpc) is 2.55. The first kappa shape index (κ1) is 17.4. The number of sulfonamides is 1. The van der Waals surface area contributed by atoms with Crippen LogP contribution in [0, 0.1) is 11.3 Å². The summed E-state index contributed by atoms with van der Waals surface area (Å²) in [5, 5.41) is 9.00. The number of carbonyl (C=O) groups excluding carboxylic acids is 1. The highest BCUT2D eigenvalue weighted by Crippen LogP contribution is 2.13. The van der Waals surface area contributed by atoms with Gasteiger partial charge in [0.2, 0.25) is 10.0 Å². The van der Waals surface area contributed by atoms with Gasteiger partial charge in [-0.1, -0.05) is 18.2 Å². The van der Waals surface area contributed by atoms with E-state index < -0.39 is 21.7 Å². The van der Waals surface area contributed by atoms with Crippen molar-refractivity contribution in [2.75, 3.05) is 0 Å². The van der Waals surface area contributed by atoms with Gasteiger partial charge in [0.25, 0.3) is 5.91 Å². The standard InChI is InChI=1S/C17H15N3O3S/c1-13(14-6-8-19-9-7-14)10-17(21)20-24(22,23)12-16-5-3-2-4-15(16)11-18/h2-10H,12H2,1H3,(H,20,21). The molecule has 0 aliphatic rings. The van der Waals surface area contributed by atoms with E-state index in [1.54, 1.807) is 49.6 Å². The third-order valence-electron chi connectivity index (χ3n) is 3.22. The van der Waals surface area contributed by atoms with Crippen LogP contribution in [0.3, 0.4) is 0 Å². The smallest absolute Gasteiger partial charge is 0.257 e. The molecule has 1 aromatic heterocycles. The molecular formula is C17H15N3O3S. The number of hydrogen-bond acceptors (Lipinski definition) is 5. The Hall–Kier alpha value is -2.98. The van der Waals surface area contributed by atoms with E-state index in [1.807, 2.05) is 10.8 Å². The van der Waals surface area contributed by atoms with Crippen LogP contribution in [0.2, 0.25) is 0 Å². The summed E-state index contributed by atoms with van der Waals surface area (Å²) in [7, 11) is -3.90. The highest BCUT2D eigenvalue weighted by Gasteiger charge is 2.16. The van der Waals surface area contributed by atoms with Crippen molar-refractivity contribution in [3.8, 4) is 6.07 Å². The first-order chi connectivity index (χ1) is 11.4. The van der Waals surface area contributed by atoms with Crippen LogP contribution in [0.5, 0.6) is 0 Å². The third-order valence-corrected chi connectivity index (χ3v) is 4.43. The zero-order valence-corrected chi connectivity index (χ0v) is 13.7. The molecule has 0 aliphatic heterocycles. The molecule has 122 valence electrons. The lowest BCUT2D eigenvalue weighted by Gasteiger charge is -2.07. The van der Waals surface area contributed by atoms with Crippen molar-refractivity contribution in [1.82, 2.24) is 9.71 Å². The van der Waals surface area contributed by atoms with Gasteiger partial charge in [-0.15, -0.1) is 0 Å². The minimum absolute atomic E-state index is 0.263. The molecule has 7 heteroatoms. The van der Waals surface area contributed by atoms with Crippen LogP contribution in [0.15, 0.2) is 54.9 Å². The van der Waals surface area contributed by atoms with Gasteiger partial charge < -0.3 is 0 Å². The number of rotatable bonds is 5. The van der Waals surface area contributed by atoms with Gasteiger partial charge in [0, 0.05) is 18.5 Å². The topological polar surface area (TPSA) is 99.9 Å². The Kier molecular flexibility index (Phi) is 5.45. The van der Waals surface area contributed by atoms with E-state index in [9.17, 15) is 13.2 Å². The number of nitriles is 1. The Labute approximate surface area is 140 Å². The van der Waals surface area contributed by atoms with Crippen LogP contribution in [-0.4, -0.2) is 19.3 Å². The molecule has 1 aromatic carbocycles. The van der Waals surface area contributed by atoms with Gasteiger partial charge in [-0.05, 0) is 41.8 Å². The number of hydrogen-bond donors (Lipinski definition) is 1. The second-order valence-electron chi connectivity index (χ2n) is 5.06. The number of nitrogens with zero attached hydrogens (tertiary/aromatic N) is 2. The van der Waals surface area contributed by atoms with Gasteiger partial charge in [-0.3, -0.25) is 9.78 Å². The molecule has 0 unspecified atom stereocenters. The molecule has 0 saturated carbocycles. The minimum atomic E-state index is -3.90. The molecule has 2 rings (SSSR count). The SMILES string of the molecule is CC(=CC(=O)NS(=O)(=O)Cc1ccccc1C#N)c1ccncc1. The fourth-order valence-electron chi connectivity index (χ4n) is 2.07. The summed E-state index contributed by atoms with van der Waals surface area (Å²) in [6, 6.07) is 11.7. The van der Waals surface area contributed by atoms with E-state index in [0.717, 1.165) is 5.56 Å². The average molecular weight is 341 g/mol. The Balaban J connectivity index is 2.12. The normalized spacial score (nSPS) is 11.6. The zero-order valence-electron chi connectivity index (χ0n) is 12.9. The quantitative estimate of drug-likeness (QED) is 0.839. The second-order valence-corrected chi connectivity index (χ2v) is 6.78.